The molecule has 1 atom stereocenters. The Labute approximate surface area is 126 Å². The van der Waals surface area contributed by atoms with Crippen molar-refractivity contribution in [1.29, 1.82) is 0 Å². The molecule has 0 saturated heterocycles. The van der Waals surface area contributed by atoms with Gasteiger partial charge in [0, 0.05) is 17.1 Å². The third-order valence-corrected chi connectivity index (χ3v) is 3.86. The molecule has 0 amide bonds. The average molecular weight is 320 g/mol. The Morgan fingerprint density at radius 2 is 1.95 bits per heavy atom. The second-order valence-corrected chi connectivity index (χ2v) is 5.89. The van der Waals surface area contributed by atoms with E-state index in [9.17, 15) is 13.2 Å². The Hall–Kier alpha value is -1.43. The lowest BCUT2D eigenvalue weighted by atomic mass is 9.93. The van der Waals surface area contributed by atoms with Gasteiger partial charge >= 0.3 is 6.18 Å². The number of nitrogens with two attached hydrogens (primary N) is 1. The van der Waals surface area contributed by atoms with Gasteiger partial charge in [0.2, 0.25) is 0 Å². The summed E-state index contributed by atoms with van der Waals surface area (Å²) >= 11 is 5.85. The minimum atomic E-state index is -4.13. The highest BCUT2D eigenvalue weighted by atomic mass is 35.5. The van der Waals surface area contributed by atoms with Crippen molar-refractivity contribution in [3.63, 3.8) is 0 Å². The van der Waals surface area contributed by atoms with Gasteiger partial charge in [-0.05, 0) is 44.0 Å². The van der Waals surface area contributed by atoms with Crippen LogP contribution in [0.25, 0.3) is 0 Å². The van der Waals surface area contributed by atoms with E-state index in [1.165, 1.54) is 0 Å². The first-order chi connectivity index (χ1) is 9.71. The van der Waals surface area contributed by atoms with E-state index < -0.39 is 18.1 Å². The molecule has 3 nitrogen and oxygen atoms in total. The molecule has 0 aliphatic carbocycles. The van der Waals surface area contributed by atoms with Crippen LogP contribution in [0.2, 0.25) is 5.02 Å². The largest absolute Gasteiger partial charge is 0.389 e. The summed E-state index contributed by atoms with van der Waals surface area (Å²) in [4.78, 5) is 5.98. The van der Waals surface area contributed by atoms with E-state index in [4.69, 9.17) is 17.3 Å². The van der Waals surface area contributed by atoms with Crippen LogP contribution in [0.5, 0.6) is 0 Å². The van der Waals surface area contributed by atoms with E-state index in [1.807, 2.05) is 6.92 Å². The first kappa shape index (κ1) is 15.9. The zero-order valence-corrected chi connectivity index (χ0v) is 12.4. The van der Waals surface area contributed by atoms with Gasteiger partial charge in [-0.1, -0.05) is 11.6 Å². The molecule has 116 valence electrons. The lowest BCUT2D eigenvalue weighted by Crippen LogP contribution is -2.50. The first-order valence-corrected chi connectivity index (χ1v) is 7.02. The Morgan fingerprint density at radius 1 is 1.33 bits per heavy atom. The molecule has 0 bridgehead atoms. The smallest absolute Gasteiger partial charge is 0.369 e. The van der Waals surface area contributed by atoms with E-state index in [0.29, 0.717) is 23.9 Å². The Balaban J connectivity index is 2.13. The SMILES string of the molecule is CC1(CCCC(F)(F)F)CN=C(N)N1c1ccc(Cl)cc1. The highest BCUT2D eigenvalue weighted by molar-refractivity contribution is 6.30. The predicted octanol–water partition coefficient (Wildman–Crippen LogP) is 3.97. The highest BCUT2D eigenvalue weighted by Crippen LogP contribution is 2.34. The van der Waals surface area contributed by atoms with Crippen LogP contribution >= 0.6 is 11.6 Å². The van der Waals surface area contributed by atoms with Gasteiger partial charge in [-0.2, -0.15) is 13.2 Å². The minimum absolute atomic E-state index is 0.0485. The van der Waals surface area contributed by atoms with Crippen molar-refractivity contribution in [2.75, 3.05) is 11.4 Å². The molecule has 0 radical (unpaired) electrons. The summed E-state index contributed by atoms with van der Waals surface area (Å²) < 4.78 is 36.9. The lowest BCUT2D eigenvalue weighted by Gasteiger charge is -2.36. The Morgan fingerprint density at radius 3 is 2.52 bits per heavy atom. The van der Waals surface area contributed by atoms with Crippen molar-refractivity contribution in [1.82, 2.24) is 0 Å². The van der Waals surface area contributed by atoms with Crippen molar-refractivity contribution in [3.8, 4) is 0 Å². The molecule has 0 saturated carbocycles. The second kappa shape index (κ2) is 5.75. The summed E-state index contributed by atoms with van der Waals surface area (Å²) in [5.41, 5.74) is 6.15. The maximum absolute atomic E-state index is 12.3. The van der Waals surface area contributed by atoms with E-state index in [-0.39, 0.29) is 6.42 Å². The number of hydrogen-bond donors (Lipinski definition) is 1. The Bertz CT molecular complexity index is 527. The first-order valence-electron chi connectivity index (χ1n) is 6.64. The molecular weight excluding hydrogens is 303 g/mol. The number of halogens is 4. The van der Waals surface area contributed by atoms with Crippen molar-refractivity contribution < 1.29 is 13.2 Å². The molecule has 1 aliphatic rings. The van der Waals surface area contributed by atoms with Gasteiger partial charge in [-0.25, -0.2) is 0 Å². The van der Waals surface area contributed by atoms with Gasteiger partial charge in [0.05, 0.1) is 12.1 Å². The van der Waals surface area contributed by atoms with Crippen LogP contribution in [0.1, 0.15) is 26.2 Å². The number of alkyl halides is 3. The molecule has 2 N–H and O–H groups in total. The number of aliphatic imine (C=N–C) groups is 1. The predicted molar refractivity (Wildman–Crippen MR) is 78.7 cm³/mol. The molecule has 1 aromatic rings. The van der Waals surface area contributed by atoms with Crippen molar-refractivity contribution in [3.05, 3.63) is 29.3 Å². The quantitative estimate of drug-likeness (QED) is 0.912. The van der Waals surface area contributed by atoms with Crippen LogP contribution in [0.4, 0.5) is 18.9 Å². The third-order valence-electron chi connectivity index (χ3n) is 3.61. The molecule has 1 unspecified atom stereocenters. The monoisotopic (exact) mass is 319 g/mol. The van der Waals surface area contributed by atoms with Crippen LogP contribution in [0.15, 0.2) is 29.3 Å². The zero-order valence-electron chi connectivity index (χ0n) is 11.6. The van der Waals surface area contributed by atoms with E-state index in [1.54, 1.807) is 29.2 Å². The summed E-state index contributed by atoms with van der Waals surface area (Å²) in [7, 11) is 0. The van der Waals surface area contributed by atoms with Crippen molar-refractivity contribution >= 4 is 23.2 Å². The van der Waals surface area contributed by atoms with Gasteiger partial charge in [0.1, 0.15) is 0 Å². The number of anilines is 1. The summed E-state index contributed by atoms with van der Waals surface area (Å²) in [5, 5.41) is 0.590. The van der Waals surface area contributed by atoms with Gasteiger partial charge in [0.15, 0.2) is 5.96 Å². The van der Waals surface area contributed by atoms with Crippen LogP contribution in [-0.4, -0.2) is 24.2 Å². The lowest BCUT2D eigenvalue weighted by molar-refractivity contribution is -0.136. The van der Waals surface area contributed by atoms with Crippen LogP contribution < -0.4 is 10.6 Å². The van der Waals surface area contributed by atoms with Gasteiger partial charge in [-0.15, -0.1) is 0 Å². The van der Waals surface area contributed by atoms with Crippen LogP contribution in [0.3, 0.4) is 0 Å². The maximum Gasteiger partial charge on any atom is 0.389 e. The molecule has 0 aromatic heterocycles. The minimum Gasteiger partial charge on any atom is -0.369 e. The summed E-state index contributed by atoms with van der Waals surface area (Å²) in [5.74, 6) is 0.326. The van der Waals surface area contributed by atoms with Crippen LogP contribution in [0, 0.1) is 0 Å². The molecule has 1 aromatic carbocycles. The molecule has 0 fully saturated rings. The maximum atomic E-state index is 12.3. The number of guanidine groups is 1. The third kappa shape index (κ3) is 3.81. The van der Waals surface area contributed by atoms with Gasteiger partial charge in [-0.3, -0.25) is 4.99 Å². The van der Waals surface area contributed by atoms with Crippen molar-refractivity contribution in [2.45, 2.75) is 37.9 Å². The normalized spacial score (nSPS) is 22.5. The van der Waals surface area contributed by atoms with Gasteiger partial charge < -0.3 is 10.6 Å². The average Bonchev–Trinajstić information content (AvgIpc) is 2.65. The fraction of sp³-hybridized carbons (Fsp3) is 0.500. The molecule has 2 rings (SSSR count). The highest BCUT2D eigenvalue weighted by Gasteiger charge is 2.39. The topological polar surface area (TPSA) is 41.6 Å². The van der Waals surface area contributed by atoms with Crippen LogP contribution in [-0.2, 0) is 0 Å². The molecule has 7 heteroatoms. The molecule has 1 aliphatic heterocycles. The number of hydrogen-bond acceptors (Lipinski definition) is 3. The zero-order chi connectivity index (χ0) is 15.7. The summed E-state index contributed by atoms with van der Waals surface area (Å²) in [6, 6.07) is 7.02. The number of rotatable bonds is 4. The van der Waals surface area contributed by atoms with E-state index in [2.05, 4.69) is 4.99 Å². The molecule has 0 spiro atoms. The molecule has 1 heterocycles. The molecule has 21 heavy (non-hydrogen) atoms. The van der Waals surface area contributed by atoms with Crippen molar-refractivity contribution in [2.24, 2.45) is 10.7 Å². The summed E-state index contributed by atoms with van der Waals surface area (Å²) in [6.07, 6.45) is -4.52. The van der Waals surface area contributed by atoms with Gasteiger partial charge in [0.25, 0.3) is 0 Å². The Kier molecular flexibility index (Phi) is 4.37. The standard InChI is InChI=1S/C14H17ClF3N3/c1-13(7-2-8-14(16,17)18)9-20-12(19)21(13)11-5-3-10(15)4-6-11/h3-6H,2,7-9H2,1H3,(H2,19,20). The second-order valence-electron chi connectivity index (χ2n) is 5.45. The fourth-order valence-corrected chi connectivity index (χ4v) is 2.69. The van der Waals surface area contributed by atoms with E-state index >= 15 is 0 Å². The van der Waals surface area contributed by atoms with E-state index in [0.717, 1.165) is 5.69 Å². The molecular formula is C14H17ClF3N3. The fourth-order valence-electron chi connectivity index (χ4n) is 2.56. The number of benzene rings is 1. The number of nitrogens with zero attached hydrogens (tertiary/aromatic N) is 2. The summed E-state index contributed by atoms with van der Waals surface area (Å²) in [6.45, 7) is 2.26.